The Hall–Kier alpha value is -3.70. The molecule has 3 N–H and O–H groups in total. The number of carboxylic acids is 1. The van der Waals surface area contributed by atoms with Gasteiger partial charge in [-0.25, -0.2) is 23.8 Å². The number of carbonyl (C=O) groups is 1. The SMILES string of the molecule is CC(C)c1nc(N(C)c2ncnn2C)nc(-c2ccc(F)cc2)c1/C=C/[C@@H](O)C[C@@H](O)C(=O)O. The highest BCUT2D eigenvalue weighted by atomic mass is 19.1. The summed E-state index contributed by atoms with van der Waals surface area (Å²) < 4.78 is 15.2. The van der Waals surface area contributed by atoms with Crippen LogP contribution in [0.3, 0.4) is 0 Å². The van der Waals surface area contributed by atoms with Crippen LogP contribution in [0, 0.1) is 5.82 Å². The number of nitrogens with zero attached hydrogens (tertiary/aromatic N) is 6. The Morgan fingerprint density at radius 3 is 2.44 bits per heavy atom. The van der Waals surface area contributed by atoms with Gasteiger partial charge in [-0.2, -0.15) is 10.1 Å². The lowest BCUT2D eigenvalue weighted by molar-refractivity contribution is -0.147. The van der Waals surface area contributed by atoms with E-state index in [0.717, 1.165) is 0 Å². The molecule has 0 unspecified atom stereocenters. The molecule has 1 aromatic carbocycles. The van der Waals surface area contributed by atoms with Gasteiger partial charge < -0.3 is 15.3 Å². The van der Waals surface area contributed by atoms with E-state index in [9.17, 15) is 19.4 Å². The number of carboxylic acid groups (broad SMARTS) is 1. The third-order valence-corrected chi connectivity index (χ3v) is 5.15. The molecule has 3 rings (SSSR count). The zero-order valence-corrected chi connectivity index (χ0v) is 19.3. The molecule has 3 aromatic rings. The van der Waals surface area contributed by atoms with Gasteiger partial charge in [-0.15, -0.1) is 0 Å². The fraction of sp³-hybridized carbons (Fsp3) is 0.348. The van der Waals surface area contributed by atoms with Gasteiger partial charge in [0.25, 0.3) is 0 Å². The predicted octanol–water partition coefficient (Wildman–Crippen LogP) is 2.51. The maximum atomic E-state index is 13.6. The molecule has 2 atom stereocenters. The maximum Gasteiger partial charge on any atom is 0.332 e. The van der Waals surface area contributed by atoms with Crippen molar-refractivity contribution in [3.63, 3.8) is 0 Å². The summed E-state index contributed by atoms with van der Waals surface area (Å²) in [6, 6.07) is 5.83. The summed E-state index contributed by atoms with van der Waals surface area (Å²) >= 11 is 0. The highest BCUT2D eigenvalue weighted by Gasteiger charge is 2.22. The van der Waals surface area contributed by atoms with Crippen LogP contribution in [-0.4, -0.2) is 65.3 Å². The van der Waals surface area contributed by atoms with E-state index in [1.165, 1.54) is 24.5 Å². The first-order valence-electron chi connectivity index (χ1n) is 10.6. The number of rotatable bonds is 9. The van der Waals surface area contributed by atoms with Crippen molar-refractivity contribution in [2.75, 3.05) is 11.9 Å². The zero-order chi connectivity index (χ0) is 25.0. The zero-order valence-electron chi connectivity index (χ0n) is 19.3. The Morgan fingerprint density at radius 1 is 1.21 bits per heavy atom. The summed E-state index contributed by atoms with van der Waals surface area (Å²) in [5.41, 5.74) is 2.35. The lowest BCUT2D eigenvalue weighted by atomic mass is 9.97. The number of aryl methyl sites for hydroxylation is 1. The average Bonchev–Trinajstić information content (AvgIpc) is 3.22. The monoisotopic (exact) mass is 470 g/mol. The second kappa shape index (κ2) is 10.5. The number of hydrogen-bond acceptors (Lipinski definition) is 8. The van der Waals surface area contributed by atoms with E-state index in [2.05, 4.69) is 10.1 Å². The Labute approximate surface area is 196 Å². The molecule has 0 amide bonds. The lowest BCUT2D eigenvalue weighted by Gasteiger charge is -2.21. The fourth-order valence-corrected chi connectivity index (χ4v) is 3.36. The van der Waals surface area contributed by atoms with Gasteiger partial charge in [0.1, 0.15) is 12.1 Å². The third kappa shape index (κ3) is 5.61. The molecule has 0 aliphatic rings. The average molecular weight is 471 g/mol. The summed E-state index contributed by atoms with van der Waals surface area (Å²) in [6.07, 6.45) is 1.12. The van der Waals surface area contributed by atoms with Crippen molar-refractivity contribution in [1.29, 1.82) is 0 Å². The topological polar surface area (TPSA) is 137 Å². The van der Waals surface area contributed by atoms with Crippen molar-refractivity contribution in [1.82, 2.24) is 24.7 Å². The molecule has 0 saturated carbocycles. The van der Waals surface area contributed by atoms with Crippen LogP contribution in [0.2, 0.25) is 0 Å². The van der Waals surface area contributed by atoms with Crippen molar-refractivity contribution in [2.45, 2.75) is 38.4 Å². The number of anilines is 2. The Kier molecular flexibility index (Phi) is 7.69. The minimum absolute atomic E-state index is 0.0600. The van der Waals surface area contributed by atoms with Crippen LogP contribution in [0.5, 0.6) is 0 Å². The van der Waals surface area contributed by atoms with Gasteiger partial charge in [0, 0.05) is 31.6 Å². The molecule has 0 spiro atoms. The standard InChI is InChI=1S/C23H27FN6O4/c1-13(2)19-17(10-9-16(31)11-18(32)21(33)34)20(14-5-7-15(24)8-6-14)28-22(27-19)29(3)23-25-12-26-30(23)4/h5-10,12-13,16,18,31-32H,11H2,1-4H3,(H,33,34)/b10-9+/t16-,18-/m1/s1. The molecular weight excluding hydrogens is 443 g/mol. The Morgan fingerprint density at radius 2 is 1.88 bits per heavy atom. The van der Waals surface area contributed by atoms with E-state index in [-0.39, 0.29) is 12.3 Å². The number of aromatic nitrogens is 5. The molecule has 0 saturated heterocycles. The second-order valence-electron chi connectivity index (χ2n) is 8.09. The van der Waals surface area contributed by atoms with Crippen LogP contribution in [0.25, 0.3) is 17.3 Å². The Bertz CT molecular complexity index is 1180. The maximum absolute atomic E-state index is 13.6. The number of aliphatic carboxylic acids is 1. The summed E-state index contributed by atoms with van der Waals surface area (Å²) in [7, 11) is 3.50. The van der Waals surface area contributed by atoms with E-state index in [0.29, 0.717) is 34.4 Å². The van der Waals surface area contributed by atoms with E-state index < -0.39 is 24.0 Å². The van der Waals surface area contributed by atoms with Crippen LogP contribution >= 0.6 is 0 Å². The number of benzene rings is 1. The number of aliphatic hydroxyl groups excluding tert-OH is 2. The molecular formula is C23H27FN6O4. The van der Waals surface area contributed by atoms with Crippen LogP contribution in [-0.2, 0) is 11.8 Å². The van der Waals surface area contributed by atoms with Crippen LogP contribution in [0.1, 0.15) is 37.4 Å². The van der Waals surface area contributed by atoms with Crippen LogP contribution < -0.4 is 4.90 Å². The Balaban J connectivity index is 2.14. The molecule has 2 aromatic heterocycles. The molecule has 180 valence electrons. The number of hydrogen-bond donors (Lipinski definition) is 3. The quantitative estimate of drug-likeness (QED) is 0.431. The van der Waals surface area contributed by atoms with E-state index in [1.54, 1.807) is 41.9 Å². The summed E-state index contributed by atoms with van der Waals surface area (Å²) in [6.45, 7) is 3.90. The first kappa shape index (κ1) is 24.9. The molecule has 0 bridgehead atoms. The van der Waals surface area contributed by atoms with Crippen molar-refractivity contribution >= 4 is 23.9 Å². The van der Waals surface area contributed by atoms with Gasteiger partial charge in [0.2, 0.25) is 11.9 Å². The lowest BCUT2D eigenvalue weighted by Crippen LogP contribution is -2.24. The molecule has 10 nitrogen and oxygen atoms in total. The predicted molar refractivity (Wildman–Crippen MR) is 124 cm³/mol. The van der Waals surface area contributed by atoms with Crippen LogP contribution in [0.4, 0.5) is 16.3 Å². The number of aliphatic hydroxyl groups is 2. The van der Waals surface area contributed by atoms with Gasteiger partial charge in [-0.05, 0) is 30.2 Å². The van der Waals surface area contributed by atoms with Gasteiger partial charge in [-0.3, -0.25) is 4.90 Å². The first-order valence-corrected chi connectivity index (χ1v) is 10.6. The van der Waals surface area contributed by atoms with Crippen molar-refractivity contribution in [3.8, 4) is 11.3 Å². The second-order valence-corrected chi connectivity index (χ2v) is 8.09. The summed E-state index contributed by atoms with van der Waals surface area (Å²) in [5, 5.41) is 32.7. The third-order valence-electron chi connectivity index (χ3n) is 5.15. The number of halogens is 1. The van der Waals surface area contributed by atoms with Crippen molar-refractivity contribution in [2.24, 2.45) is 7.05 Å². The van der Waals surface area contributed by atoms with Crippen molar-refractivity contribution < 1.29 is 24.5 Å². The smallest absolute Gasteiger partial charge is 0.332 e. The van der Waals surface area contributed by atoms with Gasteiger partial charge in [0.15, 0.2) is 6.10 Å². The minimum Gasteiger partial charge on any atom is -0.479 e. The fourth-order valence-electron chi connectivity index (χ4n) is 3.36. The molecule has 34 heavy (non-hydrogen) atoms. The van der Waals surface area contributed by atoms with E-state index in [4.69, 9.17) is 15.1 Å². The molecule has 0 aliphatic carbocycles. The largest absolute Gasteiger partial charge is 0.479 e. The highest BCUT2D eigenvalue weighted by molar-refractivity contribution is 5.75. The first-order chi connectivity index (χ1) is 16.1. The molecule has 2 heterocycles. The molecule has 0 aliphatic heterocycles. The van der Waals surface area contributed by atoms with E-state index in [1.807, 2.05) is 13.8 Å². The van der Waals surface area contributed by atoms with Gasteiger partial charge >= 0.3 is 5.97 Å². The van der Waals surface area contributed by atoms with Crippen LogP contribution in [0.15, 0.2) is 36.7 Å². The molecule has 0 fully saturated rings. The molecule has 0 radical (unpaired) electrons. The summed E-state index contributed by atoms with van der Waals surface area (Å²) in [4.78, 5) is 26.2. The normalized spacial score (nSPS) is 13.4. The minimum atomic E-state index is -1.69. The van der Waals surface area contributed by atoms with Gasteiger partial charge in [0.05, 0.1) is 17.5 Å². The molecule has 11 heteroatoms. The van der Waals surface area contributed by atoms with E-state index >= 15 is 0 Å². The highest BCUT2D eigenvalue weighted by Crippen LogP contribution is 2.32. The summed E-state index contributed by atoms with van der Waals surface area (Å²) in [5.74, 6) is -1.01. The van der Waals surface area contributed by atoms with Gasteiger partial charge in [-0.1, -0.05) is 26.0 Å². The van der Waals surface area contributed by atoms with Crippen molar-refractivity contribution in [3.05, 3.63) is 53.7 Å².